The third-order valence-electron chi connectivity index (χ3n) is 3.93. The summed E-state index contributed by atoms with van der Waals surface area (Å²) in [6, 6.07) is 8.37. The van der Waals surface area contributed by atoms with Gasteiger partial charge in [-0.1, -0.05) is 6.07 Å². The number of rotatable bonds is 8. The Morgan fingerprint density at radius 1 is 1.26 bits per heavy atom. The maximum Gasteiger partial charge on any atom is 0.191 e. The number of hydrogen-bond donors (Lipinski definition) is 3. The van der Waals surface area contributed by atoms with Crippen molar-refractivity contribution in [3.63, 3.8) is 0 Å². The molecule has 0 aliphatic rings. The van der Waals surface area contributed by atoms with Crippen molar-refractivity contribution in [1.82, 2.24) is 10.6 Å². The lowest BCUT2D eigenvalue weighted by Gasteiger charge is -2.22. The molecule has 0 spiro atoms. The predicted octanol–water partition coefficient (Wildman–Crippen LogP) is 3.09. The van der Waals surface area contributed by atoms with Crippen LogP contribution in [0, 0.1) is 12.7 Å². The van der Waals surface area contributed by atoms with Gasteiger partial charge in [0.1, 0.15) is 17.1 Å². The maximum absolute atomic E-state index is 14.0. The van der Waals surface area contributed by atoms with Gasteiger partial charge >= 0.3 is 0 Å². The van der Waals surface area contributed by atoms with E-state index >= 15 is 0 Å². The minimum absolute atomic E-state index is 0.212. The summed E-state index contributed by atoms with van der Waals surface area (Å²) in [5.74, 6) is 1.58. The highest BCUT2D eigenvalue weighted by atomic mass is 19.1. The minimum atomic E-state index is -1.18. The van der Waals surface area contributed by atoms with Gasteiger partial charge < -0.3 is 24.9 Å². The number of aryl methyl sites for hydroxylation is 1. The molecule has 148 valence electrons. The first-order chi connectivity index (χ1) is 12.9. The number of guanidine groups is 1. The van der Waals surface area contributed by atoms with Crippen LogP contribution in [0.3, 0.4) is 0 Å². The maximum atomic E-state index is 14.0. The van der Waals surface area contributed by atoms with Gasteiger partial charge in [0.25, 0.3) is 0 Å². The standard InChI is InChI=1S/C20H28FN3O3/c1-5-22-19(24-13-20(4,25)18-10-7-14(3)27-18)23-12-15-8-9-17(26-6-2)16(21)11-15/h7-11,25H,5-6,12-13H2,1-4H3,(H2,22,23,24). The number of aliphatic imine (C=N–C) groups is 1. The number of aliphatic hydroxyl groups is 1. The SMILES string of the molecule is CCNC(=NCc1ccc(OCC)c(F)c1)NCC(C)(O)c1ccc(C)o1. The molecule has 2 aromatic rings. The second kappa shape index (κ2) is 9.41. The van der Waals surface area contributed by atoms with Gasteiger partial charge in [-0.3, -0.25) is 0 Å². The summed E-state index contributed by atoms with van der Waals surface area (Å²) >= 11 is 0. The number of benzene rings is 1. The predicted molar refractivity (Wildman–Crippen MR) is 103 cm³/mol. The Kier molecular flexibility index (Phi) is 7.24. The number of furan rings is 1. The van der Waals surface area contributed by atoms with Gasteiger partial charge in [-0.2, -0.15) is 0 Å². The van der Waals surface area contributed by atoms with Crippen molar-refractivity contribution >= 4 is 5.96 Å². The summed E-state index contributed by atoms with van der Waals surface area (Å²) < 4.78 is 24.7. The Hall–Kier alpha value is -2.54. The zero-order chi connectivity index (χ0) is 19.9. The molecular weight excluding hydrogens is 349 g/mol. The summed E-state index contributed by atoms with van der Waals surface area (Å²) in [4.78, 5) is 4.45. The van der Waals surface area contributed by atoms with Crippen LogP contribution in [-0.4, -0.2) is 30.8 Å². The minimum Gasteiger partial charge on any atom is -0.491 e. The normalized spacial score (nSPS) is 13.9. The number of nitrogens with one attached hydrogen (secondary N) is 2. The average Bonchev–Trinajstić information content (AvgIpc) is 3.07. The smallest absolute Gasteiger partial charge is 0.191 e. The Bertz CT molecular complexity index is 772. The van der Waals surface area contributed by atoms with E-state index in [2.05, 4.69) is 15.6 Å². The number of nitrogens with zero attached hydrogens (tertiary/aromatic N) is 1. The fourth-order valence-electron chi connectivity index (χ4n) is 2.49. The van der Waals surface area contributed by atoms with Crippen molar-refractivity contribution in [2.24, 2.45) is 4.99 Å². The Balaban J connectivity index is 2.02. The van der Waals surface area contributed by atoms with E-state index in [9.17, 15) is 9.50 Å². The van der Waals surface area contributed by atoms with Gasteiger partial charge in [0.05, 0.1) is 19.7 Å². The van der Waals surface area contributed by atoms with E-state index in [1.807, 2.05) is 26.8 Å². The molecule has 1 aromatic heterocycles. The van der Waals surface area contributed by atoms with Crippen molar-refractivity contribution in [2.45, 2.75) is 39.8 Å². The van der Waals surface area contributed by atoms with Crippen LogP contribution < -0.4 is 15.4 Å². The monoisotopic (exact) mass is 377 g/mol. The Morgan fingerprint density at radius 3 is 2.63 bits per heavy atom. The summed E-state index contributed by atoms with van der Waals surface area (Å²) in [6.45, 7) is 8.83. The summed E-state index contributed by atoms with van der Waals surface area (Å²) in [7, 11) is 0. The van der Waals surface area contributed by atoms with Gasteiger partial charge in [-0.05, 0) is 57.5 Å². The molecule has 0 bridgehead atoms. The molecule has 0 aliphatic heterocycles. The lowest BCUT2D eigenvalue weighted by atomic mass is 10.0. The molecular formula is C20H28FN3O3. The molecule has 2 rings (SSSR count). The summed E-state index contributed by atoms with van der Waals surface area (Å²) in [5.41, 5.74) is -0.461. The van der Waals surface area contributed by atoms with Crippen LogP contribution in [-0.2, 0) is 12.1 Å². The molecule has 1 unspecified atom stereocenters. The molecule has 1 atom stereocenters. The third-order valence-corrected chi connectivity index (χ3v) is 3.93. The first-order valence-corrected chi connectivity index (χ1v) is 9.08. The van der Waals surface area contributed by atoms with Gasteiger partial charge in [0.2, 0.25) is 0 Å². The zero-order valence-electron chi connectivity index (χ0n) is 16.3. The van der Waals surface area contributed by atoms with E-state index in [1.165, 1.54) is 6.07 Å². The van der Waals surface area contributed by atoms with Crippen LogP contribution in [0.4, 0.5) is 4.39 Å². The van der Waals surface area contributed by atoms with Gasteiger partial charge in [-0.15, -0.1) is 0 Å². The fraction of sp³-hybridized carbons (Fsp3) is 0.450. The lowest BCUT2D eigenvalue weighted by Crippen LogP contribution is -2.44. The van der Waals surface area contributed by atoms with Crippen LogP contribution in [0.25, 0.3) is 0 Å². The molecule has 1 aromatic carbocycles. The van der Waals surface area contributed by atoms with Gasteiger partial charge in [0, 0.05) is 6.54 Å². The van der Waals surface area contributed by atoms with Crippen LogP contribution in [0.15, 0.2) is 39.7 Å². The van der Waals surface area contributed by atoms with E-state index in [1.54, 1.807) is 25.1 Å². The molecule has 1 heterocycles. The molecule has 27 heavy (non-hydrogen) atoms. The van der Waals surface area contributed by atoms with Crippen LogP contribution in [0.1, 0.15) is 37.9 Å². The van der Waals surface area contributed by atoms with Crippen molar-refractivity contribution in [2.75, 3.05) is 19.7 Å². The molecule has 0 radical (unpaired) electrons. The number of halogens is 1. The average molecular weight is 377 g/mol. The number of ether oxygens (including phenoxy) is 1. The quantitative estimate of drug-likeness (QED) is 0.487. The fourth-order valence-corrected chi connectivity index (χ4v) is 2.49. The highest BCUT2D eigenvalue weighted by molar-refractivity contribution is 5.79. The van der Waals surface area contributed by atoms with Crippen molar-refractivity contribution in [3.05, 3.63) is 53.2 Å². The van der Waals surface area contributed by atoms with Gasteiger partial charge in [-0.25, -0.2) is 9.38 Å². The lowest BCUT2D eigenvalue weighted by molar-refractivity contribution is 0.0378. The van der Waals surface area contributed by atoms with E-state index in [0.29, 0.717) is 31.4 Å². The first-order valence-electron chi connectivity index (χ1n) is 9.08. The van der Waals surface area contributed by atoms with Gasteiger partial charge in [0.15, 0.2) is 17.5 Å². The van der Waals surface area contributed by atoms with E-state index < -0.39 is 11.4 Å². The van der Waals surface area contributed by atoms with Crippen LogP contribution >= 0.6 is 0 Å². The molecule has 0 fully saturated rings. The topological polar surface area (TPSA) is 79.0 Å². The molecule has 3 N–H and O–H groups in total. The number of hydrogen-bond acceptors (Lipinski definition) is 4. The van der Waals surface area contributed by atoms with Crippen LogP contribution in [0.2, 0.25) is 0 Å². The molecule has 6 nitrogen and oxygen atoms in total. The van der Waals surface area contributed by atoms with Crippen molar-refractivity contribution < 1.29 is 18.7 Å². The Labute approximate surface area is 159 Å². The highest BCUT2D eigenvalue weighted by Gasteiger charge is 2.27. The molecule has 7 heteroatoms. The third kappa shape index (κ3) is 5.99. The summed E-state index contributed by atoms with van der Waals surface area (Å²) in [6.07, 6.45) is 0. The van der Waals surface area contributed by atoms with E-state index in [4.69, 9.17) is 9.15 Å². The summed E-state index contributed by atoms with van der Waals surface area (Å²) in [5, 5.41) is 16.8. The molecule has 0 amide bonds. The zero-order valence-corrected chi connectivity index (χ0v) is 16.3. The highest BCUT2D eigenvalue weighted by Crippen LogP contribution is 2.22. The molecule has 0 saturated heterocycles. The molecule has 0 aliphatic carbocycles. The van der Waals surface area contributed by atoms with E-state index in [0.717, 1.165) is 11.3 Å². The largest absolute Gasteiger partial charge is 0.491 e. The second-order valence-electron chi connectivity index (χ2n) is 6.43. The van der Waals surface area contributed by atoms with Crippen molar-refractivity contribution in [1.29, 1.82) is 0 Å². The van der Waals surface area contributed by atoms with Crippen molar-refractivity contribution in [3.8, 4) is 5.75 Å². The first kappa shape index (κ1) is 20.8. The van der Waals surface area contributed by atoms with Crippen LogP contribution in [0.5, 0.6) is 5.75 Å². The molecule has 0 saturated carbocycles. The second-order valence-corrected chi connectivity index (χ2v) is 6.43. The Morgan fingerprint density at radius 2 is 2.04 bits per heavy atom. The van der Waals surface area contributed by atoms with E-state index in [-0.39, 0.29) is 12.3 Å².